The van der Waals surface area contributed by atoms with Gasteiger partial charge in [-0.15, -0.1) is 0 Å². The van der Waals surface area contributed by atoms with E-state index >= 15 is 0 Å². The van der Waals surface area contributed by atoms with Crippen molar-refractivity contribution in [2.45, 2.75) is 42.9 Å². The van der Waals surface area contributed by atoms with Crippen LogP contribution in [0, 0.1) is 13.8 Å². The zero-order valence-corrected chi connectivity index (χ0v) is 15.7. The molecule has 1 aliphatic carbocycles. The van der Waals surface area contributed by atoms with Gasteiger partial charge in [0.05, 0.1) is 15.5 Å². The summed E-state index contributed by atoms with van der Waals surface area (Å²) in [6, 6.07) is 7.80. The molecule has 0 unspecified atom stereocenters. The van der Waals surface area contributed by atoms with Gasteiger partial charge in [0.25, 0.3) is 10.0 Å². The van der Waals surface area contributed by atoms with E-state index in [0.717, 1.165) is 24.8 Å². The van der Waals surface area contributed by atoms with Crippen LogP contribution in [-0.2, 0) is 32.9 Å². The highest BCUT2D eigenvalue weighted by atomic mass is 32.2. The highest BCUT2D eigenvalue weighted by Crippen LogP contribution is 2.28. The molecule has 0 amide bonds. The number of fused-ring (bicyclic) bond motifs is 1. The SMILES string of the molecule is Cc1cc(S(N)(=O)=O)cc(NS(=O)(=O)c2ccc3c(c2)CCC3)c1C. The summed E-state index contributed by atoms with van der Waals surface area (Å²) in [5.41, 5.74) is 3.73. The van der Waals surface area contributed by atoms with Crippen molar-refractivity contribution in [2.75, 3.05) is 4.72 Å². The van der Waals surface area contributed by atoms with Crippen molar-refractivity contribution in [1.29, 1.82) is 0 Å². The van der Waals surface area contributed by atoms with Gasteiger partial charge in [-0.1, -0.05) is 6.07 Å². The average Bonchev–Trinajstić information content (AvgIpc) is 2.98. The molecule has 0 saturated heterocycles. The van der Waals surface area contributed by atoms with Gasteiger partial charge in [0.1, 0.15) is 0 Å². The second-order valence-corrected chi connectivity index (χ2v) is 9.59. The number of nitrogens with two attached hydrogens (primary N) is 1. The number of anilines is 1. The molecule has 0 bridgehead atoms. The molecule has 2 aromatic rings. The van der Waals surface area contributed by atoms with Gasteiger partial charge in [-0.2, -0.15) is 0 Å². The van der Waals surface area contributed by atoms with E-state index in [9.17, 15) is 16.8 Å². The molecule has 0 saturated carbocycles. The van der Waals surface area contributed by atoms with Crippen molar-refractivity contribution in [2.24, 2.45) is 5.14 Å². The molecule has 134 valence electrons. The van der Waals surface area contributed by atoms with Gasteiger partial charge in [0.2, 0.25) is 10.0 Å². The zero-order chi connectivity index (χ0) is 18.4. The molecule has 6 nitrogen and oxygen atoms in total. The average molecular weight is 380 g/mol. The Morgan fingerprint density at radius 1 is 0.920 bits per heavy atom. The highest BCUT2D eigenvalue weighted by molar-refractivity contribution is 7.92. The van der Waals surface area contributed by atoms with Crippen LogP contribution in [0.25, 0.3) is 0 Å². The summed E-state index contributed by atoms with van der Waals surface area (Å²) in [4.78, 5) is 0.0495. The summed E-state index contributed by atoms with van der Waals surface area (Å²) >= 11 is 0. The molecule has 3 N–H and O–H groups in total. The number of primary sulfonamides is 1. The quantitative estimate of drug-likeness (QED) is 0.848. The predicted molar refractivity (Wildman–Crippen MR) is 96.6 cm³/mol. The van der Waals surface area contributed by atoms with Crippen molar-refractivity contribution in [3.8, 4) is 0 Å². The summed E-state index contributed by atoms with van der Waals surface area (Å²) in [5.74, 6) is 0. The van der Waals surface area contributed by atoms with Crippen LogP contribution in [0.2, 0.25) is 0 Å². The van der Waals surface area contributed by atoms with Crippen molar-refractivity contribution < 1.29 is 16.8 Å². The number of benzene rings is 2. The van der Waals surface area contributed by atoms with Crippen LogP contribution in [0.15, 0.2) is 40.1 Å². The molecule has 0 aliphatic heterocycles. The number of hydrogen-bond acceptors (Lipinski definition) is 4. The third-order valence-electron chi connectivity index (χ3n) is 4.59. The molecule has 2 aromatic carbocycles. The monoisotopic (exact) mass is 380 g/mol. The number of hydrogen-bond donors (Lipinski definition) is 2. The molecule has 0 spiro atoms. The Hall–Kier alpha value is -1.90. The van der Waals surface area contributed by atoms with Crippen molar-refractivity contribution in [3.05, 3.63) is 52.6 Å². The Balaban J connectivity index is 2.03. The van der Waals surface area contributed by atoms with Crippen LogP contribution in [0.3, 0.4) is 0 Å². The molecular formula is C17H20N2O4S2. The van der Waals surface area contributed by atoms with Gasteiger partial charge in [0.15, 0.2) is 0 Å². The van der Waals surface area contributed by atoms with Gasteiger partial charge in [0, 0.05) is 0 Å². The maximum atomic E-state index is 12.7. The van der Waals surface area contributed by atoms with Crippen LogP contribution in [0.5, 0.6) is 0 Å². The molecule has 0 aromatic heterocycles. The first-order valence-electron chi connectivity index (χ1n) is 7.86. The smallest absolute Gasteiger partial charge is 0.261 e. The highest BCUT2D eigenvalue weighted by Gasteiger charge is 2.21. The van der Waals surface area contributed by atoms with Crippen LogP contribution in [-0.4, -0.2) is 16.8 Å². The van der Waals surface area contributed by atoms with Gasteiger partial charge >= 0.3 is 0 Å². The van der Waals surface area contributed by atoms with Gasteiger partial charge in [-0.05, 0) is 79.6 Å². The van der Waals surface area contributed by atoms with Crippen molar-refractivity contribution in [1.82, 2.24) is 0 Å². The van der Waals surface area contributed by atoms with Gasteiger partial charge in [-0.3, -0.25) is 4.72 Å². The van der Waals surface area contributed by atoms with Crippen molar-refractivity contribution >= 4 is 25.7 Å². The lowest BCUT2D eigenvalue weighted by molar-refractivity contribution is 0.596. The van der Waals surface area contributed by atoms with E-state index in [2.05, 4.69) is 4.72 Å². The van der Waals surface area contributed by atoms with Crippen LogP contribution in [0.1, 0.15) is 28.7 Å². The summed E-state index contributed by atoms with van der Waals surface area (Å²) < 4.78 is 51.2. The Morgan fingerprint density at radius 3 is 2.28 bits per heavy atom. The minimum absolute atomic E-state index is 0.123. The molecule has 0 radical (unpaired) electrons. The molecule has 1 aliphatic rings. The van der Waals surface area contributed by atoms with Crippen LogP contribution in [0.4, 0.5) is 5.69 Å². The lowest BCUT2D eigenvalue weighted by Gasteiger charge is -2.14. The third-order valence-corrected chi connectivity index (χ3v) is 6.85. The second-order valence-electron chi connectivity index (χ2n) is 6.35. The van der Waals surface area contributed by atoms with Gasteiger partial charge in [-0.25, -0.2) is 22.0 Å². The summed E-state index contributed by atoms with van der Waals surface area (Å²) in [6.45, 7) is 3.43. The minimum Gasteiger partial charge on any atom is -0.279 e. The van der Waals surface area contributed by atoms with E-state index in [4.69, 9.17) is 5.14 Å². The third kappa shape index (κ3) is 3.56. The molecule has 0 fully saturated rings. The van der Waals surface area contributed by atoms with E-state index in [-0.39, 0.29) is 15.5 Å². The first kappa shape index (κ1) is 17.9. The fourth-order valence-corrected chi connectivity index (χ4v) is 4.80. The lowest BCUT2D eigenvalue weighted by atomic mass is 10.1. The van der Waals surface area contributed by atoms with E-state index < -0.39 is 20.0 Å². The molecule has 25 heavy (non-hydrogen) atoms. The van der Waals surface area contributed by atoms with Crippen LogP contribution >= 0.6 is 0 Å². The maximum absolute atomic E-state index is 12.7. The second kappa shape index (κ2) is 6.12. The molecular weight excluding hydrogens is 360 g/mol. The molecule has 3 rings (SSSR count). The zero-order valence-electron chi connectivity index (χ0n) is 14.0. The first-order valence-corrected chi connectivity index (χ1v) is 10.9. The number of nitrogens with one attached hydrogen (secondary N) is 1. The van der Waals surface area contributed by atoms with E-state index in [1.165, 1.54) is 17.7 Å². The van der Waals surface area contributed by atoms with E-state index in [1.807, 2.05) is 6.07 Å². The topological polar surface area (TPSA) is 106 Å². The maximum Gasteiger partial charge on any atom is 0.261 e. The Kier molecular flexibility index (Phi) is 4.38. The summed E-state index contributed by atoms with van der Waals surface area (Å²) in [5, 5.41) is 5.18. The fraction of sp³-hybridized carbons (Fsp3) is 0.294. The molecule has 8 heteroatoms. The van der Waals surface area contributed by atoms with E-state index in [0.29, 0.717) is 11.1 Å². The molecule has 0 heterocycles. The largest absolute Gasteiger partial charge is 0.279 e. The lowest BCUT2D eigenvalue weighted by Crippen LogP contribution is -2.17. The molecule has 0 atom stereocenters. The normalized spacial score (nSPS) is 14.4. The van der Waals surface area contributed by atoms with Crippen molar-refractivity contribution in [3.63, 3.8) is 0 Å². The first-order chi connectivity index (χ1) is 11.6. The Morgan fingerprint density at radius 2 is 1.60 bits per heavy atom. The Bertz CT molecular complexity index is 1060. The Labute approximate surface area is 148 Å². The summed E-state index contributed by atoms with van der Waals surface area (Å²) in [7, 11) is -7.75. The van der Waals surface area contributed by atoms with Crippen LogP contribution < -0.4 is 9.86 Å². The number of sulfonamides is 2. The predicted octanol–water partition coefficient (Wildman–Crippen LogP) is 2.24. The number of aryl methyl sites for hydroxylation is 3. The number of rotatable bonds is 4. The van der Waals surface area contributed by atoms with E-state index in [1.54, 1.807) is 26.0 Å². The van der Waals surface area contributed by atoms with Gasteiger partial charge < -0.3 is 0 Å². The fourth-order valence-electron chi connectivity index (χ4n) is 3.02. The minimum atomic E-state index is -3.93. The standard InChI is InChI=1S/C17H20N2O4S2/c1-11-8-16(24(18,20)21)10-17(12(11)2)19-25(22,23)15-7-6-13-4-3-5-14(13)9-15/h6-10,19H,3-5H2,1-2H3,(H2,18,20,21). The summed E-state index contributed by atoms with van der Waals surface area (Å²) in [6.07, 6.45) is 2.87.